The molecule has 0 amide bonds. The lowest BCUT2D eigenvalue weighted by molar-refractivity contribution is 0.604. The molecule has 12 heavy (non-hydrogen) atoms. The monoisotopic (exact) mass is 190 g/mol. The smallest absolute Gasteiger partial charge is 0.00369 e. The third-order valence-electron chi connectivity index (χ3n) is 1.76. The Hall–Kier alpha value is 0.270. The van der Waals surface area contributed by atoms with Crippen LogP contribution < -0.4 is 11.1 Å². The molecule has 0 rings (SSSR count). The van der Waals surface area contributed by atoms with E-state index in [1.807, 2.05) is 11.8 Å². The van der Waals surface area contributed by atoms with E-state index in [-0.39, 0.29) is 0 Å². The molecule has 0 aromatic carbocycles. The van der Waals surface area contributed by atoms with E-state index in [0.29, 0.717) is 0 Å². The van der Waals surface area contributed by atoms with E-state index in [0.717, 1.165) is 26.1 Å². The minimum absolute atomic E-state index is 0.805. The summed E-state index contributed by atoms with van der Waals surface area (Å²) in [5, 5.41) is 3.38. The highest BCUT2D eigenvalue weighted by Crippen LogP contribution is 2.00. The standard InChI is InChI=1S/C9H22N2S/c1-12-9-4-2-3-7-11-8-5-6-10/h11H,2-10H2,1H3. The number of rotatable bonds is 9. The molecule has 0 radical (unpaired) electrons. The molecule has 0 heterocycles. The van der Waals surface area contributed by atoms with Crippen LogP contribution in [0, 0.1) is 0 Å². The first-order chi connectivity index (χ1) is 5.91. The summed E-state index contributed by atoms with van der Waals surface area (Å²) in [5.41, 5.74) is 5.37. The van der Waals surface area contributed by atoms with Gasteiger partial charge in [0.05, 0.1) is 0 Å². The maximum Gasteiger partial charge on any atom is -0.00369 e. The minimum atomic E-state index is 0.805. The topological polar surface area (TPSA) is 38.0 Å². The summed E-state index contributed by atoms with van der Waals surface area (Å²) in [5.74, 6) is 1.31. The molecule has 0 aromatic rings. The molecule has 3 heteroatoms. The van der Waals surface area contributed by atoms with Crippen molar-refractivity contribution in [3.63, 3.8) is 0 Å². The highest BCUT2D eigenvalue weighted by Gasteiger charge is 1.88. The van der Waals surface area contributed by atoms with Gasteiger partial charge >= 0.3 is 0 Å². The molecule has 0 aliphatic heterocycles. The number of unbranched alkanes of at least 4 members (excludes halogenated alkanes) is 2. The van der Waals surface area contributed by atoms with Gasteiger partial charge in [0.15, 0.2) is 0 Å². The Morgan fingerprint density at radius 1 is 1.08 bits per heavy atom. The van der Waals surface area contributed by atoms with Crippen LogP contribution in [0.1, 0.15) is 25.7 Å². The first-order valence-corrected chi connectivity index (χ1v) is 6.21. The minimum Gasteiger partial charge on any atom is -0.330 e. The van der Waals surface area contributed by atoms with Crippen molar-refractivity contribution in [2.24, 2.45) is 5.73 Å². The molecule has 0 unspecified atom stereocenters. The van der Waals surface area contributed by atoms with Crippen molar-refractivity contribution < 1.29 is 0 Å². The average molecular weight is 190 g/mol. The van der Waals surface area contributed by atoms with Gasteiger partial charge in [-0.25, -0.2) is 0 Å². The highest BCUT2D eigenvalue weighted by molar-refractivity contribution is 7.98. The van der Waals surface area contributed by atoms with Crippen molar-refractivity contribution in [2.45, 2.75) is 25.7 Å². The Balaban J connectivity index is 2.73. The summed E-state index contributed by atoms with van der Waals surface area (Å²) in [7, 11) is 0. The summed E-state index contributed by atoms with van der Waals surface area (Å²) < 4.78 is 0. The van der Waals surface area contributed by atoms with Crippen LogP contribution in [0.15, 0.2) is 0 Å². The van der Waals surface area contributed by atoms with Crippen LogP contribution in [0.4, 0.5) is 0 Å². The van der Waals surface area contributed by atoms with E-state index in [4.69, 9.17) is 5.73 Å². The number of thioether (sulfide) groups is 1. The summed E-state index contributed by atoms with van der Waals surface area (Å²) in [6.45, 7) is 3.05. The molecular formula is C9H22N2S. The largest absolute Gasteiger partial charge is 0.330 e. The maximum atomic E-state index is 5.37. The Morgan fingerprint density at radius 3 is 2.50 bits per heavy atom. The zero-order chi connectivity index (χ0) is 9.07. The molecule has 0 aliphatic rings. The fourth-order valence-corrected chi connectivity index (χ4v) is 1.52. The van der Waals surface area contributed by atoms with Gasteiger partial charge in [0, 0.05) is 0 Å². The van der Waals surface area contributed by atoms with E-state index in [9.17, 15) is 0 Å². The van der Waals surface area contributed by atoms with Gasteiger partial charge in [-0.1, -0.05) is 6.42 Å². The lowest BCUT2D eigenvalue weighted by atomic mass is 10.2. The summed E-state index contributed by atoms with van der Waals surface area (Å²) >= 11 is 1.94. The fraction of sp³-hybridized carbons (Fsp3) is 1.00. The lowest BCUT2D eigenvalue weighted by Gasteiger charge is -2.02. The van der Waals surface area contributed by atoms with E-state index < -0.39 is 0 Å². The Bertz CT molecular complexity index is 68.9. The Morgan fingerprint density at radius 2 is 1.83 bits per heavy atom. The predicted octanol–water partition coefficient (Wildman–Crippen LogP) is 1.46. The van der Waals surface area contributed by atoms with Gasteiger partial charge in [-0.15, -0.1) is 0 Å². The molecule has 74 valence electrons. The molecule has 0 aromatic heterocycles. The van der Waals surface area contributed by atoms with E-state index in [1.165, 1.54) is 25.0 Å². The molecule has 0 bridgehead atoms. The SMILES string of the molecule is CSCCCCCNCCCN. The third-order valence-corrected chi connectivity index (χ3v) is 2.46. The number of nitrogens with two attached hydrogens (primary N) is 1. The molecule has 0 saturated carbocycles. The second-order valence-electron chi connectivity index (χ2n) is 2.95. The van der Waals surface area contributed by atoms with E-state index in [1.54, 1.807) is 0 Å². The van der Waals surface area contributed by atoms with Crippen molar-refractivity contribution in [1.29, 1.82) is 0 Å². The van der Waals surface area contributed by atoms with Crippen molar-refractivity contribution >= 4 is 11.8 Å². The van der Waals surface area contributed by atoms with Crippen LogP contribution >= 0.6 is 11.8 Å². The van der Waals surface area contributed by atoms with Crippen LogP contribution in [0.3, 0.4) is 0 Å². The zero-order valence-electron chi connectivity index (χ0n) is 8.14. The Kier molecular flexibility index (Phi) is 11.5. The summed E-state index contributed by atoms with van der Waals surface area (Å²) in [4.78, 5) is 0. The third kappa shape index (κ3) is 10.3. The molecule has 2 nitrogen and oxygen atoms in total. The maximum absolute atomic E-state index is 5.37. The summed E-state index contributed by atoms with van der Waals surface area (Å²) in [6, 6.07) is 0. The molecule has 0 aliphatic carbocycles. The van der Waals surface area contributed by atoms with Gasteiger partial charge in [0.1, 0.15) is 0 Å². The average Bonchev–Trinajstić information content (AvgIpc) is 2.10. The molecule has 3 N–H and O–H groups in total. The van der Waals surface area contributed by atoms with E-state index in [2.05, 4.69) is 11.6 Å². The van der Waals surface area contributed by atoms with Gasteiger partial charge < -0.3 is 11.1 Å². The van der Waals surface area contributed by atoms with E-state index >= 15 is 0 Å². The van der Waals surface area contributed by atoms with Gasteiger partial charge in [0.25, 0.3) is 0 Å². The molecule has 0 spiro atoms. The van der Waals surface area contributed by atoms with Crippen LogP contribution in [0.5, 0.6) is 0 Å². The fourth-order valence-electron chi connectivity index (χ4n) is 1.03. The van der Waals surface area contributed by atoms with Gasteiger partial charge in [0.2, 0.25) is 0 Å². The number of hydrogen-bond acceptors (Lipinski definition) is 3. The van der Waals surface area contributed by atoms with Gasteiger partial charge in [-0.3, -0.25) is 0 Å². The van der Waals surface area contributed by atoms with Crippen molar-refractivity contribution in [1.82, 2.24) is 5.32 Å². The number of hydrogen-bond donors (Lipinski definition) is 2. The Labute approximate surface area is 80.7 Å². The molecule has 0 saturated heterocycles. The highest BCUT2D eigenvalue weighted by atomic mass is 32.2. The van der Waals surface area contributed by atoms with Crippen LogP contribution in [-0.2, 0) is 0 Å². The second kappa shape index (κ2) is 11.3. The van der Waals surface area contributed by atoms with Crippen LogP contribution in [0.2, 0.25) is 0 Å². The normalized spacial score (nSPS) is 10.5. The summed E-state index contributed by atoms with van der Waals surface area (Å²) in [6.07, 6.45) is 7.30. The zero-order valence-corrected chi connectivity index (χ0v) is 8.96. The first-order valence-electron chi connectivity index (χ1n) is 4.81. The van der Waals surface area contributed by atoms with Gasteiger partial charge in [-0.2, -0.15) is 11.8 Å². The molecule has 0 fully saturated rings. The van der Waals surface area contributed by atoms with Crippen LogP contribution in [-0.4, -0.2) is 31.6 Å². The van der Waals surface area contributed by atoms with Crippen molar-refractivity contribution in [3.05, 3.63) is 0 Å². The van der Waals surface area contributed by atoms with Crippen molar-refractivity contribution in [2.75, 3.05) is 31.6 Å². The first kappa shape index (κ1) is 12.3. The van der Waals surface area contributed by atoms with Gasteiger partial charge in [-0.05, 0) is 50.9 Å². The quantitative estimate of drug-likeness (QED) is 0.541. The van der Waals surface area contributed by atoms with Crippen molar-refractivity contribution in [3.8, 4) is 0 Å². The second-order valence-corrected chi connectivity index (χ2v) is 3.93. The van der Waals surface area contributed by atoms with Crippen LogP contribution in [0.25, 0.3) is 0 Å². The molecule has 0 atom stereocenters. The predicted molar refractivity (Wildman–Crippen MR) is 58.8 cm³/mol. The number of nitrogens with one attached hydrogen (secondary N) is 1. The lowest BCUT2D eigenvalue weighted by Crippen LogP contribution is -2.19. The molecular weight excluding hydrogens is 168 g/mol.